The third kappa shape index (κ3) is 4.01. The fourth-order valence-electron chi connectivity index (χ4n) is 4.13. The molecular weight excluding hydrogens is 436 g/mol. The molecule has 0 aliphatic carbocycles. The highest BCUT2D eigenvalue weighted by molar-refractivity contribution is 7.16. The van der Waals surface area contributed by atoms with Gasteiger partial charge in [0.05, 0.1) is 39.4 Å². The Morgan fingerprint density at radius 2 is 2.09 bits per heavy atom. The molecule has 0 amide bonds. The molecule has 33 heavy (non-hydrogen) atoms. The minimum Gasteiger partial charge on any atom is -0.487 e. The first kappa shape index (κ1) is 20.1. The van der Waals surface area contributed by atoms with E-state index in [2.05, 4.69) is 43.6 Å². The van der Waals surface area contributed by atoms with Crippen LogP contribution in [0.3, 0.4) is 0 Å². The highest BCUT2D eigenvalue weighted by atomic mass is 32.1. The molecule has 6 rings (SSSR count). The lowest BCUT2D eigenvalue weighted by Crippen LogP contribution is -2.28. The van der Waals surface area contributed by atoms with Crippen LogP contribution in [-0.2, 0) is 11.8 Å². The Kier molecular flexibility index (Phi) is 5.12. The van der Waals surface area contributed by atoms with Gasteiger partial charge < -0.3 is 14.8 Å². The SMILES string of the molecule is Cn1cc(-c2cc(O[C@H]3CCCOC3)c3c(Nc4ccc5ncsc5c4)ncnc3c2)cn1. The van der Waals surface area contributed by atoms with Crippen molar-refractivity contribution < 1.29 is 9.47 Å². The van der Waals surface area contributed by atoms with Crippen molar-refractivity contribution in [3.8, 4) is 16.9 Å². The number of benzene rings is 2. The van der Waals surface area contributed by atoms with Crippen molar-refractivity contribution >= 4 is 44.0 Å². The summed E-state index contributed by atoms with van der Waals surface area (Å²) in [5.74, 6) is 1.44. The number of nitrogens with zero attached hydrogens (tertiary/aromatic N) is 5. The van der Waals surface area contributed by atoms with Gasteiger partial charge in [0.2, 0.25) is 0 Å². The lowest BCUT2D eigenvalue weighted by Gasteiger charge is -2.24. The quantitative estimate of drug-likeness (QED) is 0.399. The van der Waals surface area contributed by atoms with Crippen molar-refractivity contribution in [2.75, 3.05) is 18.5 Å². The summed E-state index contributed by atoms with van der Waals surface area (Å²) in [6.45, 7) is 1.36. The molecule has 4 heterocycles. The largest absolute Gasteiger partial charge is 0.487 e. The molecule has 0 bridgehead atoms. The number of aromatic nitrogens is 5. The number of thiazole rings is 1. The monoisotopic (exact) mass is 458 g/mol. The zero-order valence-corrected chi connectivity index (χ0v) is 18.9. The van der Waals surface area contributed by atoms with Crippen LogP contribution in [0.1, 0.15) is 12.8 Å². The minimum atomic E-state index is -0.00676. The summed E-state index contributed by atoms with van der Waals surface area (Å²) in [5.41, 5.74) is 6.59. The van der Waals surface area contributed by atoms with Crippen LogP contribution in [0.25, 0.3) is 32.2 Å². The standard InChI is InChI=1S/C24H22N6O2S/c1-30-11-16(10-28-30)15-7-20-23(21(8-15)32-18-3-2-6-31-12-18)24(26-13-25-20)29-17-4-5-19-22(9-17)33-14-27-19/h4-5,7-11,13-14,18H,2-3,6,12H2,1H3,(H,25,26,29)/t18-/m0/s1. The van der Waals surface area contributed by atoms with Gasteiger partial charge in [0.15, 0.2) is 0 Å². The number of anilines is 2. The molecule has 1 fully saturated rings. The van der Waals surface area contributed by atoms with Gasteiger partial charge in [0.25, 0.3) is 0 Å². The fraction of sp³-hybridized carbons (Fsp3) is 0.250. The van der Waals surface area contributed by atoms with Crippen LogP contribution in [0.5, 0.6) is 5.75 Å². The summed E-state index contributed by atoms with van der Waals surface area (Å²) in [4.78, 5) is 13.5. The molecule has 166 valence electrons. The lowest BCUT2D eigenvalue weighted by atomic mass is 10.1. The second-order valence-electron chi connectivity index (χ2n) is 8.11. The number of nitrogens with one attached hydrogen (secondary N) is 1. The van der Waals surface area contributed by atoms with E-state index in [0.29, 0.717) is 12.4 Å². The van der Waals surface area contributed by atoms with Gasteiger partial charge in [0.1, 0.15) is 24.0 Å². The van der Waals surface area contributed by atoms with Crippen molar-refractivity contribution in [2.24, 2.45) is 7.05 Å². The molecule has 0 radical (unpaired) electrons. The lowest BCUT2D eigenvalue weighted by molar-refractivity contribution is 0.00811. The number of hydrogen-bond acceptors (Lipinski definition) is 8. The summed E-state index contributed by atoms with van der Waals surface area (Å²) in [6.07, 6.45) is 7.35. The summed E-state index contributed by atoms with van der Waals surface area (Å²) >= 11 is 1.61. The second-order valence-corrected chi connectivity index (χ2v) is 9.00. The number of ether oxygens (including phenoxy) is 2. The van der Waals surface area contributed by atoms with Crippen molar-refractivity contribution in [1.29, 1.82) is 0 Å². The van der Waals surface area contributed by atoms with E-state index in [-0.39, 0.29) is 6.10 Å². The molecule has 2 aromatic carbocycles. The van der Waals surface area contributed by atoms with E-state index in [0.717, 1.165) is 63.1 Å². The Labute approximate surface area is 194 Å². The smallest absolute Gasteiger partial charge is 0.145 e. The molecule has 5 aromatic rings. The Hall–Kier alpha value is -3.56. The van der Waals surface area contributed by atoms with Gasteiger partial charge in [-0.25, -0.2) is 15.0 Å². The second kappa shape index (κ2) is 8.42. The van der Waals surface area contributed by atoms with E-state index < -0.39 is 0 Å². The molecule has 8 nitrogen and oxygen atoms in total. The third-order valence-corrected chi connectivity index (χ3v) is 6.54. The predicted octanol–water partition coefficient (Wildman–Crippen LogP) is 4.94. The molecule has 3 aromatic heterocycles. The van der Waals surface area contributed by atoms with Gasteiger partial charge in [-0.3, -0.25) is 4.68 Å². The first-order valence-corrected chi connectivity index (χ1v) is 11.7. The summed E-state index contributed by atoms with van der Waals surface area (Å²) in [6, 6.07) is 10.2. The first-order chi connectivity index (χ1) is 16.2. The molecule has 0 spiro atoms. The van der Waals surface area contributed by atoms with E-state index in [1.165, 1.54) is 0 Å². The van der Waals surface area contributed by atoms with Gasteiger partial charge in [0, 0.05) is 31.1 Å². The molecule has 1 N–H and O–H groups in total. The Bertz CT molecular complexity index is 1440. The van der Waals surface area contributed by atoms with Crippen molar-refractivity contribution in [3.63, 3.8) is 0 Å². The molecule has 1 saturated heterocycles. The summed E-state index contributed by atoms with van der Waals surface area (Å²) < 4.78 is 15.1. The number of aryl methyl sites for hydroxylation is 1. The molecule has 1 atom stereocenters. The fourth-order valence-corrected chi connectivity index (χ4v) is 4.85. The average molecular weight is 459 g/mol. The third-order valence-electron chi connectivity index (χ3n) is 5.75. The van der Waals surface area contributed by atoms with Crippen LogP contribution in [0, 0.1) is 0 Å². The normalized spacial score (nSPS) is 16.3. The Balaban J connectivity index is 1.46. The maximum Gasteiger partial charge on any atom is 0.145 e. The first-order valence-electron chi connectivity index (χ1n) is 10.9. The molecular formula is C24H22N6O2S. The van der Waals surface area contributed by atoms with Crippen LogP contribution >= 0.6 is 11.3 Å². The molecule has 0 saturated carbocycles. The van der Waals surface area contributed by atoms with Gasteiger partial charge in [-0.15, -0.1) is 11.3 Å². The van der Waals surface area contributed by atoms with Crippen LogP contribution in [0.15, 0.2) is 54.6 Å². The minimum absolute atomic E-state index is 0.00676. The van der Waals surface area contributed by atoms with Gasteiger partial charge >= 0.3 is 0 Å². The molecule has 9 heteroatoms. The van der Waals surface area contributed by atoms with E-state index in [4.69, 9.17) is 9.47 Å². The summed E-state index contributed by atoms with van der Waals surface area (Å²) in [5, 5.41) is 8.64. The van der Waals surface area contributed by atoms with E-state index in [1.807, 2.05) is 37.1 Å². The highest BCUT2D eigenvalue weighted by Crippen LogP contribution is 2.37. The van der Waals surface area contributed by atoms with Crippen LogP contribution in [-0.4, -0.2) is 44.1 Å². The summed E-state index contributed by atoms with van der Waals surface area (Å²) in [7, 11) is 1.91. The maximum absolute atomic E-state index is 6.49. The van der Waals surface area contributed by atoms with Gasteiger partial charge in [-0.1, -0.05) is 0 Å². The number of fused-ring (bicyclic) bond motifs is 2. The van der Waals surface area contributed by atoms with Crippen molar-refractivity contribution in [1.82, 2.24) is 24.7 Å². The predicted molar refractivity (Wildman–Crippen MR) is 129 cm³/mol. The van der Waals surface area contributed by atoms with E-state index in [1.54, 1.807) is 22.3 Å². The molecule has 1 aliphatic heterocycles. The van der Waals surface area contributed by atoms with Crippen LogP contribution in [0.2, 0.25) is 0 Å². The molecule has 1 aliphatic rings. The Morgan fingerprint density at radius 1 is 1.12 bits per heavy atom. The van der Waals surface area contributed by atoms with Crippen molar-refractivity contribution in [2.45, 2.75) is 18.9 Å². The topological polar surface area (TPSA) is 87.0 Å². The highest BCUT2D eigenvalue weighted by Gasteiger charge is 2.20. The zero-order chi connectivity index (χ0) is 22.2. The van der Waals surface area contributed by atoms with E-state index >= 15 is 0 Å². The van der Waals surface area contributed by atoms with Crippen molar-refractivity contribution in [3.05, 3.63) is 54.6 Å². The van der Waals surface area contributed by atoms with Gasteiger partial charge in [-0.2, -0.15) is 5.10 Å². The molecule has 0 unspecified atom stereocenters. The van der Waals surface area contributed by atoms with Crippen LogP contribution in [0.4, 0.5) is 11.5 Å². The number of hydrogen-bond donors (Lipinski definition) is 1. The Morgan fingerprint density at radius 3 is 2.94 bits per heavy atom. The number of rotatable bonds is 5. The average Bonchev–Trinajstić information content (AvgIpc) is 3.48. The van der Waals surface area contributed by atoms with Gasteiger partial charge in [-0.05, 0) is 48.7 Å². The van der Waals surface area contributed by atoms with Crippen LogP contribution < -0.4 is 10.1 Å². The zero-order valence-electron chi connectivity index (χ0n) is 18.1. The maximum atomic E-state index is 6.49. The van der Waals surface area contributed by atoms with E-state index in [9.17, 15) is 0 Å².